The van der Waals surface area contributed by atoms with Gasteiger partial charge in [0.1, 0.15) is 11.5 Å². The maximum Gasteiger partial charge on any atom is 0.150 e. The minimum absolute atomic E-state index is 0.231. The number of nitrogens with zero attached hydrogens (tertiary/aromatic N) is 3. The zero-order valence-corrected chi connectivity index (χ0v) is 13.6. The van der Waals surface area contributed by atoms with Crippen molar-refractivity contribution in [2.24, 2.45) is 0 Å². The molecule has 114 valence electrons. The maximum atomic E-state index is 13.0. The van der Waals surface area contributed by atoms with E-state index in [0.717, 1.165) is 32.7 Å². The number of fused-ring (bicyclic) bond motifs is 1. The Hall–Kier alpha value is -2.18. The van der Waals surface area contributed by atoms with Crippen LogP contribution in [0.5, 0.6) is 0 Å². The predicted octanol–water partition coefficient (Wildman–Crippen LogP) is 4.89. The molecule has 0 aliphatic carbocycles. The first-order chi connectivity index (χ1) is 11.3. The zero-order valence-electron chi connectivity index (χ0n) is 12.0. The molecule has 0 atom stereocenters. The summed E-state index contributed by atoms with van der Waals surface area (Å²) in [6.07, 6.45) is 4.03. The second-order valence-corrected chi connectivity index (χ2v) is 7.07. The molecule has 3 aromatic heterocycles. The third kappa shape index (κ3) is 3.13. The summed E-state index contributed by atoms with van der Waals surface area (Å²) in [5.41, 5.74) is 3.80. The lowest BCUT2D eigenvalue weighted by Gasteiger charge is -1.96. The Kier molecular flexibility index (Phi) is 3.85. The summed E-state index contributed by atoms with van der Waals surface area (Å²) in [5.74, 6) is 0.545. The first-order valence-corrected chi connectivity index (χ1v) is 8.91. The molecule has 0 saturated heterocycles. The lowest BCUT2D eigenvalue weighted by molar-refractivity contribution is 0.628. The molecule has 0 saturated carbocycles. The van der Waals surface area contributed by atoms with Crippen molar-refractivity contribution in [3.8, 4) is 11.3 Å². The fraction of sp³-hybridized carbons (Fsp3) is 0.0588. The van der Waals surface area contributed by atoms with Crippen molar-refractivity contribution in [1.29, 1.82) is 0 Å². The van der Waals surface area contributed by atoms with Gasteiger partial charge < -0.3 is 4.40 Å². The third-order valence-electron chi connectivity index (χ3n) is 3.38. The molecule has 23 heavy (non-hydrogen) atoms. The zero-order chi connectivity index (χ0) is 15.6. The smallest absolute Gasteiger partial charge is 0.150 e. The number of thiazole rings is 1. The number of rotatable bonds is 4. The highest BCUT2D eigenvalue weighted by Crippen LogP contribution is 2.30. The van der Waals surface area contributed by atoms with Gasteiger partial charge in [-0.2, -0.15) is 0 Å². The van der Waals surface area contributed by atoms with E-state index in [4.69, 9.17) is 0 Å². The Bertz CT molecular complexity index is 911. The van der Waals surface area contributed by atoms with Gasteiger partial charge in [0.2, 0.25) is 0 Å². The van der Waals surface area contributed by atoms with Crippen molar-refractivity contribution >= 4 is 28.7 Å². The molecular formula is C17H12FN3S2. The summed E-state index contributed by atoms with van der Waals surface area (Å²) in [5, 5.41) is 2.00. The molecule has 3 nitrogen and oxygen atoms in total. The highest BCUT2D eigenvalue weighted by molar-refractivity contribution is 8.00. The second kappa shape index (κ2) is 6.14. The Morgan fingerprint density at radius 3 is 2.78 bits per heavy atom. The Morgan fingerprint density at radius 2 is 1.96 bits per heavy atom. The van der Waals surface area contributed by atoms with Gasteiger partial charge in [-0.05, 0) is 36.4 Å². The molecule has 0 aliphatic rings. The van der Waals surface area contributed by atoms with Gasteiger partial charge in [-0.3, -0.25) is 0 Å². The van der Waals surface area contributed by atoms with Crippen LogP contribution in [-0.2, 0) is 5.75 Å². The van der Waals surface area contributed by atoms with E-state index < -0.39 is 0 Å². The van der Waals surface area contributed by atoms with Crippen molar-refractivity contribution in [3.05, 3.63) is 71.7 Å². The molecule has 0 bridgehead atoms. The van der Waals surface area contributed by atoms with Crippen molar-refractivity contribution in [1.82, 2.24) is 14.4 Å². The van der Waals surface area contributed by atoms with E-state index in [9.17, 15) is 4.39 Å². The van der Waals surface area contributed by atoms with E-state index in [1.807, 2.05) is 40.4 Å². The van der Waals surface area contributed by atoms with E-state index >= 15 is 0 Å². The van der Waals surface area contributed by atoms with Crippen LogP contribution in [0.15, 0.2) is 64.6 Å². The van der Waals surface area contributed by atoms with Crippen molar-refractivity contribution < 1.29 is 4.39 Å². The number of hydrogen-bond donors (Lipinski definition) is 0. The summed E-state index contributed by atoms with van der Waals surface area (Å²) in [6.45, 7) is 0. The molecule has 6 heteroatoms. The third-order valence-corrected chi connectivity index (χ3v) is 5.44. The number of halogens is 1. The normalized spacial score (nSPS) is 11.2. The minimum atomic E-state index is -0.231. The number of thioether (sulfide) groups is 1. The lowest BCUT2D eigenvalue weighted by Crippen LogP contribution is -1.81. The quantitative estimate of drug-likeness (QED) is 0.495. The van der Waals surface area contributed by atoms with Crippen molar-refractivity contribution in [3.63, 3.8) is 0 Å². The number of hydrogen-bond acceptors (Lipinski definition) is 4. The van der Waals surface area contributed by atoms with Crippen molar-refractivity contribution in [2.45, 2.75) is 10.1 Å². The van der Waals surface area contributed by atoms with Crippen LogP contribution in [-0.4, -0.2) is 14.4 Å². The average molecular weight is 341 g/mol. The molecule has 0 unspecified atom stereocenters. The predicted molar refractivity (Wildman–Crippen MR) is 92.3 cm³/mol. The molecule has 0 fully saturated rings. The Labute approximate surface area is 140 Å². The second-order valence-electron chi connectivity index (χ2n) is 4.99. The maximum absolute atomic E-state index is 13.0. The summed E-state index contributed by atoms with van der Waals surface area (Å²) in [4.78, 5) is 9.18. The fourth-order valence-electron chi connectivity index (χ4n) is 2.27. The van der Waals surface area contributed by atoms with Gasteiger partial charge in [0.15, 0.2) is 4.34 Å². The van der Waals surface area contributed by atoms with E-state index in [-0.39, 0.29) is 5.82 Å². The van der Waals surface area contributed by atoms with E-state index in [0.29, 0.717) is 0 Å². The largest absolute Gasteiger partial charge is 0.307 e. The molecule has 4 rings (SSSR count). The molecule has 0 aliphatic heterocycles. The lowest BCUT2D eigenvalue weighted by atomic mass is 10.2. The van der Waals surface area contributed by atoms with Crippen LogP contribution in [0.25, 0.3) is 16.9 Å². The average Bonchev–Trinajstić information content (AvgIpc) is 3.20. The van der Waals surface area contributed by atoms with Gasteiger partial charge in [0.05, 0.1) is 11.4 Å². The molecule has 0 spiro atoms. The molecule has 4 aromatic rings. The number of pyridine rings is 1. The van der Waals surface area contributed by atoms with Gasteiger partial charge >= 0.3 is 0 Å². The standard InChI is InChI=1S/C17H12FN3S2/c18-13-6-4-12(5-7-13)15-11-23-17(20-15)22-10-14-9-21-8-2-1-3-16(21)19-14/h1-9,11H,10H2. The van der Waals surface area contributed by atoms with Gasteiger partial charge in [0.25, 0.3) is 0 Å². The number of imidazole rings is 1. The van der Waals surface area contributed by atoms with Crippen LogP contribution in [0.4, 0.5) is 4.39 Å². The van der Waals surface area contributed by atoms with Gasteiger partial charge in [0, 0.05) is 29.1 Å². The van der Waals surface area contributed by atoms with Crippen molar-refractivity contribution in [2.75, 3.05) is 0 Å². The van der Waals surface area contributed by atoms with Gasteiger partial charge in [-0.25, -0.2) is 14.4 Å². The minimum Gasteiger partial charge on any atom is -0.307 e. The SMILES string of the molecule is Fc1ccc(-c2csc(SCc3cn4ccccc4n3)n2)cc1. The molecular weight excluding hydrogens is 329 g/mol. The molecule has 1 aromatic carbocycles. The van der Waals surface area contributed by atoms with E-state index in [1.54, 1.807) is 35.2 Å². The summed E-state index contributed by atoms with van der Waals surface area (Å²) >= 11 is 3.26. The summed E-state index contributed by atoms with van der Waals surface area (Å²) < 4.78 is 16.0. The summed E-state index contributed by atoms with van der Waals surface area (Å²) in [6, 6.07) is 12.4. The summed E-state index contributed by atoms with van der Waals surface area (Å²) in [7, 11) is 0. The molecule has 3 heterocycles. The molecule has 0 amide bonds. The van der Waals surface area contributed by atoms with Gasteiger partial charge in [-0.15, -0.1) is 11.3 Å². The monoisotopic (exact) mass is 341 g/mol. The van der Waals surface area contributed by atoms with E-state index in [1.165, 1.54) is 12.1 Å². The molecule has 0 radical (unpaired) electrons. The Balaban J connectivity index is 1.48. The van der Waals surface area contributed by atoms with Crippen LogP contribution in [0.3, 0.4) is 0 Å². The van der Waals surface area contributed by atoms with Crippen LogP contribution < -0.4 is 0 Å². The molecule has 0 N–H and O–H groups in total. The fourth-order valence-corrected chi connectivity index (χ4v) is 3.99. The van der Waals surface area contributed by atoms with Crippen LogP contribution in [0.2, 0.25) is 0 Å². The van der Waals surface area contributed by atoms with Crippen LogP contribution in [0.1, 0.15) is 5.69 Å². The topological polar surface area (TPSA) is 30.2 Å². The van der Waals surface area contributed by atoms with Gasteiger partial charge in [-0.1, -0.05) is 17.8 Å². The first kappa shape index (κ1) is 14.4. The number of benzene rings is 1. The highest BCUT2D eigenvalue weighted by Gasteiger charge is 2.07. The first-order valence-electron chi connectivity index (χ1n) is 7.05. The Morgan fingerprint density at radius 1 is 1.09 bits per heavy atom. The number of aromatic nitrogens is 3. The van der Waals surface area contributed by atoms with Crippen LogP contribution >= 0.6 is 23.1 Å². The highest BCUT2D eigenvalue weighted by atomic mass is 32.2. The van der Waals surface area contributed by atoms with Crippen LogP contribution in [0, 0.1) is 5.82 Å². The van der Waals surface area contributed by atoms with E-state index in [2.05, 4.69) is 9.97 Å².